The molecule has 6 nitrogen and oxygen atoms in total. The van der Waals surface area contributed by atoms with Crippen molar-refractivity contribution in [3.8, 4) is 5.75 Å². The van der Waals surface area contributed by atoms with Gasteiger partial charge in [-0.1, -0.05) is 17.7 Å². The van der Waals surface area contributed by atoms with Gasteiger partial charge >= 0.3 is 6.03 Å². The number of carbonyl (C=O) groups excluding carboxylic acids is 2. The maximum absolute atomic E-state index is 12.2. The van der Waals surface area contributed by atoms with Gasteiger partial charge in [-0.25, -0.2) is 4.79 Å². The molecule has 2 N–H and O–H groups in total. The second-order valence-electron chi connectivity index (χ2n) is 5.71. The fraction of sp³-hybridized carbons (Fsp3) is 0.222. The summed E-state index contributed by atoms with van der Waals surface area (Å²) in [4.78, 5) is 26.0. The number of ether oxygens (including phenoxy) is 1. The zero-order valence-corrected chi connectivity index (χ0v) is 14.4. The zero-order chi connectivity index (χ0) is 17.8. The van der Waals surface area contributed by atoms with Gasteiger partial charge in [-0.15, -0.1) is 0 Å². The molecule has 0 unspecified atom stereocenters. The molecule has 0 saturated carbocycles. The minimum absolute atomic E-state index is 0.0333. The molecule has 0 spiro atoms. The molecular formula is C18H18ClN3O3. The molecule has 25 heavy (non-hydrogen) atoms. The molecule has 2 aromatic rings. The lowest BCUT2D eigenvalue weighted by molar-refractivity contribution is -0.117. The smallest absolute Gasteiger partial charge is 0.319 e. The number of halogens is 1. The number of methoxy groups -OCH3 is 1. The Kier molecular flexibility index (Phi) is 5.09. The van der Waals surface area contributed by atoms with Crippen LogP contribution in [-0.4, -0.2) is 31.6 Å². The van der Waals surface area contributed by atoms with Crippen molar-refractivity contribution in [3.05, 3.63) is 53.6 Å². The lowest BCUT2D eigenvalue weighted by Gasteiger charge is -2.17. The normalized spacial score (nSPS) is 16.6. The second kappa shape index (κ2) is 7.44. The van der Waals surface area contributed by atoms with Crippen LogP contribution in [0.25, 0.3) is 0 Å². The topological polar surface area (TPSA) is 70.7 Å². The molecule has 1 fully saturated rings. The maximum atomic E-state index is 12.2. The van der Waals surface area contributed by atoms with Crippen LogP contribution in [0.15, 0.2) is 48.5 Å². The van der Waals surface area contributed by atoms with Crippen LogP contribution in [-0.2, 0) is 4.79 Å². The van der Waals surface area contributed by atoms with E-state index in [0.717, 1.165) is 5.69 Å². The summed E-state index contributed by atoms with van der Waals surface area (Å²) < 4.78 is 5.12. The summed E-state index contributed by atoms with van der Waals surface area (Å²) in [5.41, 5.74) is 1.39. The Balaban J connectivity index is 1.59. The van der Waals surface area contributed by atoms with Gasteiger partial charge in [0.1, 0.15) is 5.75 Å². The van der Waals surface area contributed by atoms with Crippen LogP contribution in [0.1, 0.15) is 6.42 Å². The largest absolute Gasteiger partial charge is 0.497 e. The van der Waals surface area contributed by atoms with Crippen molar-refractivity contribution < 1.29 is 14.3 Å². The second-order valence-corrected chi connectivity index (χ2v) is 6.15. The Morgan fingerprint density at radius 2 is 2.00 bits per heavy atom. The summed E-state index contributed by atoms with van der Waals surface area (Å²) in [7, 11) is 1.56. The van der Waals surface area contributed by atoms with Crippen molar-refractivity contribution >= 4 is 34.9 Å². The van der Waals surface area contributed by atoms with E-state index in [1.54, 1.807) is 60.5 Å². The number of nitrogens with one attached hydrogen (secondary N) is 2. The monoisotopic (exact) mass is 359 g/mol. The van der Waals surface area contributed by atoms with Crippen LogP contribution in [0.2, 0.25) is 5.02 Å². The van der Waals surface area contributed by atoms with Crippen molar-refractivity contribution in [2.45, 2.75) is 12.5 Å². The lowest BCUT2D eigenvalue weighted by atomic mass is 10.2. The van der Waals surface area contributed by atoms with Crippen LogP contribution in [0.4, 0.5) is 16.2 Å². The number of hydrogen-bond acceptors (Lipinski definition) is 3. The summed E-state index contributed by atoms with van der Waals surface area (Å²) >= 11 is 5.87. The van der Waals surface area contributed by atoms with Gasteiger partial charge < -0.3 is 20.3 Å². The lowest BCUT2D eigenvalue weighted by Crippen LogP contribution is -2.39. The highest BCUT2D eigenvalue weighted by atomic mass is 35.5. The molecule has 7 heteroatoms. The Hall–Kier alpha value is -2.73. The van der Waals surface area contributed by atoms with Crippen molar-refractivity contribution in [2.24, 2.45) is 0 Å². The molecular weight excluding hydrogens is 342 g/mol. The van der Waals surface area contributed by atoms with E-state index >= 15 is 0 Å². The SMILES string of the molecule is COc1cccc(NC(=O)N[C@@H]2CC(=O)N(c3ccc(Cl)cc3)C2)c1. The van der Waals surface area contributed by atoms with E-state index in [1.807, 2.05) is 0 Å². The van der Waals surface area contributed by atoms with E-state index in [2.05, 4.69) is 10.6 Å². The summed E-state index contributed by atoms with van der Waals surface area (Å²) in [6.07, 6.45) is 0.258. The van der Waals surface area contributed by atoms with E-state index in [0.29, 0.717) is 23.0 Å². The molecule has 1 aliphatic rings. The van der Waals surface area contributed by atoms with Crippen LogP contribution in [0.3, 0.4) is 0 Å². The molecule has 1 aliphatic heterocycles. The first-order valence-corrected chi connectivity index (χ1v) is 8.20. The fourth-order valence-electron chi connectivity index (χ4n) is 2.73. The van der Waals surface area contributed by atoms with Gasteiger partial charge in [-0.05, 0) is 36.4 Å². The summed E-state index contributed by atoms with van der Waals surface area (Å²) in [6.45, 7) is 0.423. The highest BCUT2D eigenvalue weighted by Gasteiger charge is 2.31. The number of carbonyl (C=O) groups is 2. The Bertz CT molecular complexity index is 779. The fourth-order valence-corrected chi connectivity index (χ4v) is 2.85. The molecule has 0 radical (unpaired) electrons. The van der Waals surface area contributed by atoms with Gasteiger partial charge in [0.15, 0.2) is 0 Å². The maximum Gasteiger partial charge on any atom is 0.319 e. The molecule has 1 atom stereocenters. The van der Waals surface area contributed by atoms with Gasteiger partial charge in [0.2, 0.25) is 5.91 Å². The molecule has 3 amide bonds. The average Bonchev–Trinajstić information content (AvgIpc) is 2.95. The van der Waals surface area contributed by atoms with Gasteiger partial charge in [-0.3, -0.25) is 4.79 Å². The third-order valence-electron chi connectivity index (χ3n) is 3.93. The van der Waals surface area contributed by atoms with Crippen molar-refractivity contribution in [1.29, 1.82) is 0 Å². The van der Waals surface area contributed by atoms with E-state index < -0.39 is 0 Å². The summed E-state index contributed by atoms with van der Waals surface area (Å²) in [5, 5.41) is 6.18. The molecule has 0 bridgehead atoms. The Morgan fingerprint density at radius 3 is 2.72 bits per heavy atom. The predicted molar refractivity (Wildman–Crippen MR) is 97.4 cm³/mol. The Morgan fingerprint density at radius 1 is 1.24 bits per heavy atom. The molecule has 130 valence electrons. The first-order valence-electron chi connectivity index (χ1n) is 7.82. The van der Waals surface area contributed by atoms with Crippen molar-refractivity contribution in [2.75, 3.05) is 23.9 Å². The first kappa shape index (κ1) is 17.1. The minimum Gasteiger partial charge on any atom is -0.497 e. The van der Waals surface area contributed by atoms with E-state index in [4.69, 9.17) is 16.3 Å². The molecule has 1 saturated heterocycles. The highest BCUT2D eigenvalue weighted by Crippen LogP contribution is 2.23. The van der Waals surface area contributed by atoms with Crippen molar-refractivity contribution in [1.82, 2.24) is 5.32 Å². The molecule has 0 aromatic heterocycles. The molecule has 1 heterocycles. The molecule has 3 rings (SSSR count). The van der Waals surface area contributed by atoms with Gasteiger partial charge in [0.05, 0.1) is 13.2 Å². The average molecular weight is 360 g/mol. The number of rotatable bonds is 4. The predicted octanol–water partition coefficient (Wildman–Crippen LogP) is 3.28. The quantitative estimate of drug-likeness (QED) is 0.880. The van der Waals surface area contributed by atoms with Crippen LogP contribution >= 0.6 is 11.6 Å². The molecule has 2 aromatic carbocycles. The zero-order valence-electron chi connectivity index (χ0n) is 13.7. The van der Waals surface area contributed by atoms with Crippen LogP contribution < -0.4 is 20.3 Å². The van der Waals surface area contributed by atoms with E-state index in [9.17, 15) is 9.59 Å². The number of anilines is 2. The van der Waals surface area contributed by atoms with E-state index in [1.165, 1.54) is 0 Å². The number of amides is 3. The number of hydrogen-bond donors (Lipinski definition) is 2. The minimum atomic E-state index is -0.357. The summed E-state index contributed by atoms with van der Waals surface area (Å²) in [5.74, 6) is 0.622. The van der Waals surface area contributed by atoms with Gasteiger partial charge in [0.25, 0.3) is 0 Å². The van der Waals surface area contributed by atoms with Crippen LogP contribution in [0.5, 0.6) is 5.75 Å². The standard InChI is InChI=1S/C18H18ClN3O3/c1-25-16-4-2-3-13(9-16)20-18(24)21-14-10-17(23)22(11-14)15-7-5-12(19)6-8-15/h2-9,14H,10-11H2,1H3,(H2,20,21,24)/t14-/m1/s1. The number of nitrogens with zero attached hydrogens (tertiary/aromatic N) is 1. The third kappa shape index (κ3) is 4.22. The van der Waals surface area contributed by atoms with Gasteiger partial charge in [0, 0.05) is 35.4 Å². The summed E-state index contributed by atoms with van der Waals surface area (Å²) in [6, 6.07) is 13.5. The van der Waals surface area contributed by atoms with E-state index in [-0.39, 0.29) is 24.4 Å². The van der Waals surface area contributed by atoms with Crippen LogP contribution in [0, 0.1) is 0 Å². The van der Waals surface area contributed by atoms with Gasteiger partial charge in [-0.2, -0.15) is 0 Å². The number of urea groups is 1. The third-order valence-corrected chi connectivity index (χ3v) is 4.18. The number of benzene rings is 2. The Labute approximate surface area is 150 Å². The molecule has 0 aliphatic carbocycles. The highest BCUT2D eigenvalue weighted by molar-refractivity contribution is 6.30. The first-order chi connectivity index (χ1) is 12.0. The van der Waals surface area contributed by atoms with Crippen molar-refractivity contribution in [3.63, 3.8) is 0 Å².